The van der Waals surface area contributed by atoms with Crippen LogP contribution in [-0.2, 0) is 6.42 Å². The Morgan fingerprint density at radius 2 is 1.96 bits per heavy atom. The lowest BCUT2D eigenvalue weighted by Crippen LogP contribution is -2.41. The summed E-state index contributed by atoms with van der Waals surface area (Å²) in [5.74, 6) is 0.934. The first kappa shape index (κ1) is 20.6. The number of benzene rings is 1. The van der Waals surface area contributed by atoms with Crippen LogP contribution in [0.25, 0.3) is 0 Å². The van der Waals surface area contributed by atoms with E-state index in [0.29, 0.717) is 22.6 Å². The molecule has 1 saturated heterocycles. The van der Waals surface area contributed by atoms with Gasteiger partial charge in [-0.2, -0.15) is 0 Å². The van der Waals surface area contributed by atoms with Gasteiger partial charge in [0.2, 0.25) is 5.95 Å². The van der Waals surface area contributed by atoms with Crippen molar-refractivity contribution in [3.8, 4) is 0 Å². The number of aromatic nitrogens is 2. The topological polar surface area (TPSA) is 49.3 Å². The molecule has 3 rings (SSSR count). The molecular formula is C22H29ClN4O. The van der Waals surface area contributed by atoms with Gasteiger partial charge in [0.1, 0.15) is 0 Å². The Morgan fingerprint density at radius 3 is 2.64 bits per heavy atom. The standard InChI is InChI=1S/C22H29ClN4O/c1-4-26(5-2)22-24-14-19(23)20(25-22)21(28)27-12-6-7-18(15-27)13-17-10-8-16(3)9-11-17/h8-11,14,18H,4-7,12-13,15H2,1-3H3/t18-/m1/s1. The maximum absolute atomic E-state index is 13.1. The molecule has 1 aromatic carbocycles. The van der Waals surface area contributed by atoms with Gasteiger partial charge in [0.15, 0.2) is 5.69 Å². The van der Waals surface area contributed by atoms with Crippen LogP contribution in [-0.4, -0.2) is 47.0 Å². The summed E-state index contributed by atoms with van der Waals surface area (Å²) >= 11 is 6.29. The summed E-state index contributed by atoms with van der Waals surface area (Å²) in [6, 6.07) is 8.68. The highest BCUT2D eigenvalue weighted by Gasteiger charge is 2.27. The van der Waals surface area contributed by atoms with Gasteiger partial charge in [-0.1, -0.05) is 41.4 Å². The number of piperidine rings is 1. The van der Waals surface area contributed by atoms with Gasteiger partial charge in [-0.05, 0) is 51.5 Å². The lowest BCUT2D eigenvalue weighted by atomic mass is 9.91. The zero-order valence-electron chi connectivity index (χ0n) is 17.0. The molecule has 0 unspecified atom stereocenters. The zero-order valence-corrected chi connectivity index (χ0v) is 17.7. The van der Waals surface area contributed by atoms with E-state index < -0.39 is 0 Å². The van der Waals surface area contributed by atoms with Crippen molar-refractivity contribution in [2.75, 3.05) is 31.1 Å². The summed E-state index contributed by atoms with van der Waals surface area (Å²) in [5.41, 5.74) is 2.91. The quantitative estimate of drug-likeness (QED) is 0.722. The van der Waals surface area contributed by atoms with Crippen LogP contribution in [0, 0.1) is 12.8 Å². The van der Waals surface area contributed by atoms with Gasteiger partial charge < -0.3 is 9.80 Å². The molecule has 1 fully saturated rings. The molecule has 0 radical (unpaired) electrons. The lowest BCUT2D eigenvalue weighted by Gasteiger charge is -2.33. The monoisotopic (exact) mass is 400 g/mol. The average molecular weight is 401 g/mol. The minimum Gasteiger partial charge on any atom is -0.341 e. The van der Waals surface area contributed by atoms with Gasteiger partial charge in [-0.15, -0.1) is 0 Å². The Bertz CT molecular complexity index is 805. The van der Waals surface area contributed by atoms with E-state index in [1.807, 2.05) is 23.6 Å². The second-order valence-electron chi connectivity index (χ2n) is 7.49. The molecule has 1 aliphatic rings. The molecule has 28 heavy (non-hydrogen) atoms. The zero-order chi connectivity index (χ0) is 20.1. The highest BCUT2D eigenvalue weighted by atomic mass is 35.5. The molecule has 0 bridgehead atoms. The minimum atomic E-state index is -0.0885. The summed E-state index contributed by atoms with van der Waals surface area (Å²) in [4.78, 5) is 25.9. The minimum absolute atomic E-state index is 0.0885. The normalized spacial score (nSPS) is 16.9. The summed E-state index contributed by atoms with van der Waals surface area (Å²) in [5, 5.41) is 0.321. The van der Waals surface area contributed by atoms with E-state index >= 15 is 0 Å². The summed E-state index contributed by atoms with van der Waals surface area (Å²) in [6.07, 6.45) is 4.68. The lowest BCUT2D eigenvalue weighted by molar-refractivity contribution is 0.0667. The van der Waals surface area contributed by atoms with Crippen molar-refractivity contribution in [3.63, 3.8) is 0 Å². The molecule has 1 aromatic heterocycles. The highest BCUT2D eigenvalue weighted by molar-refractivity contribution is 6.33. The molecule has 2 heterocycles. The van der Waals surface area contributed by atoms with E-state index in [4.69, 9.17) is 11.6 Å². The Morgan fingerprint density at radius 1 is 1.25 bits per heavy atom. The molecule has 1 amide bonds. The Labute approximate surface area is 172 Å². The van der Waals surface area contributed by atoms with Crippen molar-refractivity contribution >= 4 is 23.5 Å². The van der Waals surface area contributed by atoms with Crippen LogP contribution in [0.15, 0.2) is 30.5 Å². The molecule has 1 atom stereocenters. The van der Waals surface area contributed by atoms with E-state index in [-0.39, 0.29) is 5.91 Å². The van der Waals surface area contributed by atoms with Gasteiger partial charge in [0.25, 0.3) is 5.91 Å². The fourth-order valence-electron chi connectivity index (χ4n) is 3.79. The molecule has 0 aliphatic carbocycles. The van der Waals surface area contributed by atoms with Crippen molar-refractivity contribution in [1.29, 1.82) is 0 Å². The Kier molecular flexibility index (Phi) is 6.89. The number of anilines is 1. The molecule has 0 spiro atoms. The van der Waals surface area contributed by atoms with Crippen LogP contribution in [0.1, 0.15) is 48.3 Å². The maximum atomic E-state index is 13.1. The molecule has 0 saturated carbocycles. The third-order valence-electron chi connectivity index (χ3n) is 5.43. The van der Waals surface area contributed by atoms with Crippen LogP contribution in [0.4, 0.5) is 5.95 Å². The van der Waals surface area contributed by atoms with Crippen LogP contribution in [0.5, 0.6) is 0 Å². The van der Waals surface area contributed by atoms with E-state index in [1.165, 1.54) is 11.1 Å². The van der Waals surface area contributed by atoms with Crippen LogP contribution in [0.3, 0.4) is 0 Å². The fourth-order valence-corrected chi connectivity index (χ4v) is 3.96. The number of amides is 1. The van der Waals surface area contributed by atoms with Crippen molar-refractivity contribution in [2.45, 2.75) is 40.0 Å². The van der Waals surface area contributed by atoms with Gasteiger partial charge >= 0.3 is 0 Å². The third kappa shape index (κ3) is 4.82. The Hall–Kier alpha value is -2.14. The van der Waals surface area contributed by atoms with Crippen LogP contribution < -0.4 is 4.90 Å². The largest absolute Gasteiger partial charge is 0.341 e. The van der Waals surface area contributed by atoms with E-state index in [9.17, 15) is 4.79 Å². The molecule has 1 aliphatic heterocycles. The molecule has 2 aromatic rings. The molecule has 150 valence electrons. The van der Waals surface area contributed by atoms with Crippen molar-refractivity contribution in [1.82, 2.24) is 14.9 Å². The van der Waals surface area contributed by atoms with Gasteiger partial charge in [0.05, 0.1) is 11.2 Å². The highest BCUT2D eigenvalue weighted by Crippen LogP contribution is 2.24. The first-order valence-electron chi connectivity index (χ1n) is 10.1. The van der Waals surface area contributed by atoms with E-state index in [1.54, 1.807) is 6.20 Å². The number of hydrogen-bond acceptors (Lipinski definition) is 4. The predicted octanol–water partition coefficient (Wildman–Crippen LogP) is 4.38. The SMILES string of the molecule is CCN(CC)c1ncc(Cl)c(C(=O)N2CCC[C@H](Cc3ccc(C)cc3)C2)n1. The third-order valence-corrected chi connectivity index (χ3v) is 5.71. The Balaban J connectivity index is 1.73. The van der Waals surface area contributed by atoms with Crippen LogP contribution in [0.2, 0.25) is 5.02 Å². The average Bonchev–Trinajstić information content (AvgIpc) is 2.71. The fraction of sp³-hybridized carbons (Fsp3) is 0.500. The van der Waals surface area contributed by atoms with Gasteiger partial charge in [-0.25, -0.2) is 9.97 Å². The van der Waals surface area contributed by atoms with Crippen molar-refractivity contribution in [3.05, 3.63) is 52.3 Å². The van der Waals surface area contributed by atoms with Crippen molar-refractivity contribution < 1.29 is 4.79 Å². The number of carbonyl (C=O) groups excluding carboxylic acids is 1. The number of nitrogens with zero attached hydrogens (tertiary/aromatic N) is 4. The first-order valence-corrected chi connectivity index (χ1v) is 10.5. The second-order valence-corrected chi connectivity index (χ2v) is 7.90. The summed E-state index contributed by atoms with van der Waals surface area (Å²) in [6.45, 7) is 9.26. The number of hydrogen-bond donors (Lipinski definition) is 0. The number of likely N-dealkylation sites (tertiary alicyclic amines) is 1. The van der Waals surface area contributed by atoms with Crippen molar-refractivity contribution in [2.24, 2.45) is 5.92 Å². The van der Waals surface area contributed by atoms with Gasteiger partial charge in [-0.3, -0.25) is 4.79 Å². The first-order chi connectivity index (χ1) is 13.5. The number of halogens is 1. The van der Waals surface area contributed by atoms with Gasteiger partial charge in [0, 0.05) is 26.2 Å². The number of rotatable bonds is 6. The second kappa shape index (κ2) is 9.37. The predicted molar refractivity (Wildman–Crippen MR) is 114 cm³/mol. The van der Waals surface area contributed by atoms with Crippen LogP contribution >= 0.6 is 11.6 Å². The van der Waals surface area contributed by atoms with E-state index in [0.717, 1.165) is 45.4 Å². The molecule has 5 nitrogen and oxygen atoms in total. The van der Waals surface area contributed by atoms with E-state index in [2.05, 4.69) is 41.2 Å². The molecule has 0 N–H and O–H groups in total. The molecular weight excluding hydrogens is 372 g/mol. The number of carbonyl (C=O) groups is 1. The number of aryl methyl sites for hydroxylation is 1. The summed E-state index contributed by atoms with van der Waals surface area (Å²) < 4.78 is 0. The maximum Gasteiger partial charge on any atom is 0.274 e. The molecule has 6 heteroatoms. The smallest absolute Gasteiger partial charge is 0.274 e. The summed E-state index contributed by atoms with van der Waals surface area (Å²) in [7, 11) is 0.